The van der Waals surface area contributed by atoms with E-state index in [0.29, 0.717) is 34.5 Å². The van der Waals surface area contributed by atoms with Crippen molar-refractivity contribution in [3.8, 4) is 0 Å². The lowest BCUT2D eigenvalue weighted by Gasteiger charge is -2.36. The zero-order valence-electron chi connectivity index (χ0n) is 20.4. The van der Waals surface area contributed by atoms with Gasteiger partial charge in [0.15, 0.2) is 0 Å². The van der Waals surface area contributed by atoms with E-state index < -0.39 is 17.3 Å². The van der Waals surface area contributed by atoms with Gasteiger partial charge in [-0.2, -0.15) is 13.2 Å². The van der Waals surface area contributed by atoms with Crippen molar-refractivity contribution in [1.29, 1.82) is 0 Å². The van der Waals surface area contributed by atoms with Gasteiger partial charge in [-0.25, -0.2) is 0 Å². The molecule has 2 heterocycles. The number of hydrogen-bond acceptors (Lipinski definition) is 5. The molecule has 0 unspecified atom stereocenters. The molecule has 0 aromatic heterocycles. The topological polar surface area (TPSA) is 88.2 Å². The summed E-state index contributed by atoms with van der Waals surface area (Å²) in [6, 6.07) is 21.0. The van der Waals surface area contributed by atoms with Crippen LogP contribution in [0, 0.1) is 0 Å². The van der Waals surface area contributed by atoms with E-state index in [2.05, 4.69) is 0 Å². The lowest BCUT2D eigenvalue weighted by atomic mass is 9.91. The summed E-state index contributed by atoms with van der Waals surface area (Å²) in [5, 5.41) is 10.5. The van der Waals surface area contributed by atoms with Crippen LogP contribution in [0.4, 0.5) is 13.2 Å². The monoisotopic (exact) mass is 521 g/mol. The van der Waals surface area contributed by atoms with Gasteiger partial charge in [-0.1, -0.05) is 54.6 Å². The molecule has 2 aliphatic heterocycles. The Morgan fingerprint density at radius 1 is 0.947 bits per heavy atom. The molecule has 3 aromatic rings. The zero-order chi connectivity index (χ0) is 26.9. The molecule has 0 aliphatic carbocycles. The molecule has 2 aliphatic rings. The highest BCUT2D eigenvalue weighted by atomic mass is 19.4. The largest absolute Gasteiger partial charge is 0.416 e. The summed E-state index contributed by atoms with van der Waals surface area (Å²) in [6.07, 6.45) is -4.45. The molecule has 0 saturated carbocycles. The average molecular weight is 522 g/mol. The van der Waals surface area contributed by atoms with E-state index in [-0.39, 0.29) is 37.9 Å². The summed E-state index contributed by atoms with van der Waals surface area (Å²) < 4.78 is 44.2. The SMILES string of the molecule is NC(=C1CN(C(=O)c2ccc(C3(O)COC3)cc2)CC1=NCc1ccccc1)c1ccc(C(F)(F)F)cc1. The first-order chi connectivity index (χ1) is 18.1. The van der Waals surface area contributed by atoms with Crippen LogP contribution in [-0.4, -0.2) is 47.9 Å². The van der Waals surface area contributed by atoms with Crippen molar-refractivity contribution in [3.63, 3.8) is 0 Å². The second kappa shape index (κ2) is 10.1. The van der Waals surface area contributed by atoms with E-state index in [4.69, 9.17) is 15.5 Å². The molecule has 196 valence electrons. The minimum Gasteiger partial charge on any atom is -0.398 e. The molecule has 6 nitrogen and oxygen atoms in total. The number of likely N-dealkylation sites (tertiary alicyclic amines) is 1. The highest BCUT2D eigenvalue weighted by molar-refractivity contribution is 6.12. The number of carbonyl (C=O) groups excluding carboxylic acids is 1. The maximum absolute atomic E-state index is 13.4. The van der Waals surface area contributed by atoms with Gasteiger partial charge >= 0.3 is 6.18 Å². The van der Waals surface area contributed by atoms with Crippen LogP contribution in [0.1, 0.15) is 32.6 Å². The molecule has 9 heteroatoms. The summed E-state index contributed by atoms with van der Waals surface area (Å²) in [5.74, 6) is -0.240. The van der Waals surface area contributed by atoms with E-state index in [9.17, 15) is 23.1 Å². The number of aliphatic hydroxyl groups is 1. The van der Waals surface area contributed by atoms with Crippen molar-refractivity contribution in [2.24, 2.45) is 10.7 Å². The average Bonchev–Trinajstić information content (AvgIpc) is 3.34. The van der Waals surface area contributed by atoms with Gasteiger partial charge in [0.25, 0.3) is 5.91 Å². The Bertz CT molecular complexity index is 1380. The fourth-order valence-corrected chi connectivity index (χ4v) is 4.49. The molecule has 2 fully saturated rings. The van der Waals surface area contributed by atoms with E-state index in [1.165, 1.54) is 12.1 Å². The second-order valence-electron chi connectivity index (χ2n) is 9.48. The molecule has 5 rings (SSSR count). The Hall–Kier alpha value is -3.95. The third-order valence-electron chi connectivity index (χ3n) is 6.82. The quantitative estimate of drug-likeness (QED) is 0.522. The standard InChI is InChI=1S/C29H26F3N3O3/c30-29(31,32)23-12-6-20(7-13-23)26(33)24-15-35(16-25(24)34-14-19-4-2-1-3-5-19)27(36)21-8-10-22(11-9-21)28(37)17-38-18-28/h1-13,37H,14-18,33H2. The molecule has 3 aromatic carbocycles. The first kappa shape index (κ1) is 25.7. The van der Waals surface area contributed by atoms with Gasteiger partial charge < -0.3 is 20.5 Å². The molecule has 3 N–H and O–H groups in total. The number of nitrogens with zero attached hydrogens (tertiary/aromatic N) is 2. The first-order valence-electron chi connectivity index (χ1n) is 12.1. The molecule has 38 heavy (non-hydrogen) atoms. The number of rotatable bonds is 5. The Morgan fingerprint density at radius 3 is 2.16 bits per heavy atom. The number of carbonyl (C=O) groups is 1. The molecule has 2 saturated heterocycles. The first-order valence-corrected chi connectivity index (χ1v) is 12.1. The highest BCUT2D eigenvalue weighted by Gasteiger charge is 2.38. The fraction of sp³-hybridized carbons (Fsp3) is 0.241. The van der Waals surface area contributed by atoms with Crippen molar-refractivity contribution in [2.45, 2.75) is 18.3 Å². The summed E-state index contributed by atoms with van der Waals surface area (Å²) in [4.78, 5) is 19.7. The van der Waals surface area contributed by atoms with Crippen LogP contribution in [0.15, 0.2) is 89.4 Å². The Balaban J connectivity index is 1.43. The zero-order valence-corrected chi connectivity index (χ0v) is 20.4. The number of hydrogen-bond donors (Lipinski definition) is 2. The van der Waals surface area contributed by atoms with Gasteiger partial charge in [-0.15, -0.1) is 0 Å². The van der Waals surface area contributed by atoms with Crippen LogP contribution in [0.5, 0.6) is 0 Å². The summed E-state index contributed by atoms with van der Waals surface area (Å²) in [7, 11) is 0. The van der Waals surface area contributed by atoms with Crippen LogP contribution >= 0.6 is 0 Å². The van der Waals surface area contributed by atoms with Gasteiger partial charge in [0, 0.05) is 16.8 Å². The fourth-order valence-electron chi connectivity index (χ4n) is 4.49. The molecule has 1 amide bonds. The third kappa shape index (κ3) is 5.20. The lowest BCUT2D eigenvalue weighted by Crippen LogP contribution is -2.46. The maximum Gasteiger partial charge on any atom is 0.416 e. The van der Waals surface area contributed by atoms with Crippen molar-refractivity contribution in [1.82, 2.24) is 4.90 Å². The lowest BCUT2D eigenvalue weighted by molar-refractivity contribution is -0.184. The molecular weight excluding hydrogens is 495 g/mol. The molecule has 0 bridgehead atoms. The van der Waals surface area contributed by atoms with Gasteiger partial charge in [0.05, 0.1) is 44.1 Å². The van der Waals surface area contributed by atoms with Gasteiger partial charge in [0.2, 0.25) is 0 Å². The molecule has 0 atom stereocenters. The summed E-state index contributed by atoms with van der Waals surface area (Å²) in [6.45, 7) is 1.17. The Kier molecular flexibility index (Phi) is 6.81. The molecule has 0 radical (unpaired) electrons. The Labute approximate surface area is 217 Å². The van der Waals surface area contributed by atoms with E-state index in [1.807, 2.05) is 30.3 Å². The number of aliphatic imine (C=N–C) groups is 1. The van der Waals surface area contributed by atoms with Crippen LogP contribution in [-0.2, 0) is 23.1 Å². The van der Waals surface area contributed by atoms with Crippen molar-refractivity contribution < 1.29 is 27.8 Å². The molecular formula is C29H26F3N3O3. The predicted octanol–water partition coefficient (Wildman–Crippen LogP) is 4.39. The number of nitrogens with two attached hydrogens (primary N) is 1. The minimum atomic E-state index is -4.45. The van der Waals surface area contributed by atoms with Crippen molar-refractivity contribution in [2.75, 3.05) is 26.3 Å². The van der Waals surface area contributed by atoms with Crippen LogP contribution < -0.4 is 5.73 Å². The second-order valence-corrected chi connectivity index (χ2v) is 9.48. The smallest absolute Gasteiger partial charge is 0.398 e. The number of amides is 1. The third-order valence-corrected chi connectivity index (χ3v) is 6.82. The molecule has 0 spiro atoms. The van der Waals surface area contributed by atoms with E-state index in [1.54, 1.807) is 29.2 Å². The maximum atomic E-state index is 13.4. The van der Waals surface area contributed by atoms with Crippen LogP contribution in [0.25, 0.3) is 5.70 Å². The Morgan fingerprint density at radius 2 is 1.58 bits per heavy atom. The minimum absolute atomic E-state index is 0.166. The number of halogens is 3. The normalized spacial score (nSPS) is 19.4. The highest BCUT2D eigenvalue weighted by Crippen LogP contribution is 2.32. The van der Waals surface area contributed by atoms with E-state index in [0.717, 1.165) is 17.7 Å². The van der Waals surface area contributed by atoms with Gasteiger partial charge in [-0.3, -0.25) is 9.79 Å². The number of benzene rings is 3. The predicted molar refractivity (Wildman–Crippen MR) is 137 cm³/mol. The van der Waals surface area contributed by atoms with Gasteiger partial charge in [0.1, 0.15) is 5.60 Å². The summed E-state index contributed by atoms with van der Waals surface area (Å²) in [5.41, 5.74) is 8.67. The van der Waals surface area contributed by atoms with Crippen LogP contribution in [0.2, 0.25) is 0 Å². The van der Waals surface area contributed by atoms with Crippen molar-refractivity contribution >= 4 is 17.3 Å². The number of alkyl halides is 3. The van der Waals surface area contributed by atoms with Gasteiger partial charge in [-0.05, 0) is 41.0 Å². The van der Waals surface area contributed by atoms with Crippen molar-refractivity contribution in [3.05, 3.63) is 112 Å². The van der Waals surface area contributed by atoms with Crippen LogP contribution in [0.3, 0.4) is 0 Å². The van der Waals surface area contributed by atoms with E-state index >= 15 is 0 Å². The summed E-state index contributed by atoms with van der Waals surface area (Å²) >= 11 is 0. The number of ether oxygens (including phenoxy) is 1.